The van der Waals surface area contributed by atoms with E-state index < -0.39 is 17.7 Å². The summed E-state index contributed by atoms with van der Waals surface area (Å²) in [6, 6.07) is 11.1. The molecule has 0 aromatic heterocycles. The van der Waals surface area contributed by atoms with Crippen LogP contribution in [0.15, 0.2) is 42.5 Å². The van der Waals surface area contributed by atoms with Crippen molar-refractivity contribution in [2.24, 2.45) is 0 Å². The van der Waals surface area contributed by atoms with Crippen molar-refractivity contribution in [3.63, 3.8) is 0 Å². The number of rotatable bonds is 8. The number of amides is 1. The maximum Gasteiger partial charge on any atom is 0.306 e. The maximum atomic E-state index is 12.8. The Morgan fingerprint density at radius 3 is 2.54 bits per heavy atom. The Kier molecular flexibility index (Phi) is 7.14. The molecule has 6 heteroatoms. The molecule has 1 N–H and O–H groups in total. The monoisotopic (exact) mass is 359 g/mol. The van der Waals surface area contributed by atoms with Crippen molar-refractivity contribution in [2.75, 3.05) is 18.5 Å². The summed E-state index contributed by atoms with van der Waals surface area (Å²) in [4.78, 5) is 23.3. The standard InChI is InChI=1S/C20H22FNO4/c1-14-5-3-6-18(15(14)2)25-12-4-7-20(24)26-13-19(23)22-17-10-8-16(21)9-11-17/h3,5-6,8-11H,4,7,12-13H2,1-2H3,(H,22,23). The zero-order chi connectivity index (χ0) is 18.9. The van der Waals surface area contributed by atoms with Gasteiger partial charge >= 0.3 is 5.97 Å². The molecular formula is C20H22FNO4. The molecule has 0 aliphatic rings. The predicted octanol–water partition coefficient (Wildman–Crippen LogP) is 3.78. The first-order valence-electron chi connectivity index (χ1n) is 8.36. The molecule has 2 aromatic rings. The Hall–Kier alpha value is -2.89. The van der Waals surface area contributed by atoms with Crippen molar-refractivity contribution in [1.29, 1.82) is 0 Å². The first-order valence-corrected chi connectivity index (χ1v) is 8.36. The second kappa shape index (κ2) is 9.56. The highest BCUT2D eigenvalue weighted by atomic mass is 19.1. The number of carbonyl (C=O) groups excluding carboxylic acids is 2. The number of halogens is 1. The molecule has 26 heavy (non-hydrogen) atoms. The first kappa shape index (κ1) is 19.4. The van der Waals surface area contributed by atoms with E-state index in [0.717, 1.165) is 16.9 Å². The van der Waals surface area contributed by atoms with Crippen molar-refractivity contribution in [3.8, 4) is 5.75 Å². The lowest BCUT2D eigenvalue weighted by Gasteiger charge is -2.10. The summed E-state index contributed by atoms with van der Waals surface area (Å²) < 4.78 is 23.4. The molecule has 0 aliphatic carbocycles. The SMILES string of the molecule is Cc1cccc(OCCCC(=O)OCC(=O)Nc2ccc(F)cc2)c1C. The number of nitrogens with one attached hydrogen (secondary N) is 1. The van der Waals surface area contributed by atoms with Gasteiger partial charge < -0.3 is 14.8 Å². The van der Waals surface area contributed by atoms with E-state index >= 15 is 0 Å². The minimum Gasteiger partial charge on any atom is -0.493 e. The third-order valence-corrected chi connectivity index (χ3v) is 3.83. The molecule has 0 radical (unpaired) electrons. The molecule has 0 saturated heterocycles. The van der Waals surface area contributed by atoms with Crippen molar-refractivity contribution < 1.29 is 23.5 Å². The predicted molar refractivity (Wildman–Crippen MR) is 96.6 cm³/mol. The van der Waals surface area contributed by atoms with Crippen LogP contribution in [0.5, 0.6) is 5.75 Å². The topological polar surface area (TPSA) is 64.6 Å². The zero-order valence-electron chi connectivity index (χ0n) is 14.9. The molecule has 138 valence electrons. The lowest BCUT2D eigenvalue weighted by molar-refractivity contribution is -0.147. The normalized spacial score (nSPS) is 10.3. The Morgan fingerprint density at radius 2 is 1.81 bits per heavy atom. The van der Waals surface area contributed by atoms with Gasteiger partial charge in [-0.05, 0) is 61.7 Å². The molecule has 0 bridgehead atoms. The highest BCUT2D eigenvalue weighted by Crippen LogP contribution is 2.20. The molecule has 0 atom stereocenters. The Bertz CT molecular complexity index is 759. The third-order valence-electron chi connectivity index (χ3n) is 3.83. The van der Waals surface area contributed by atoms with Crippen LogP contribution >= 0.6 is 0 Å². The summed E-state index contributed by atoms with van der Waals surface area (Å²) in [5, 5.41) is 2.52. The van der Waals surface area contributed by atoms with Gasteiger partial charge in [-0.1, -0.05) is 12.1 Å². The third kappa shape index (κ3) is 6.20. The Balaban J connectivity index is 1.63. The fourth-order valence-electron chi connectivity index (χ4n) is 2.23. The average Bonchev–Trinajstić information content (AvgIpc) is 2.62. The summed E-state index contributed by atoms with van der Waals surface area (Å²) in [6.45, 7) is 4.00. The first-order chi connectivity index (χ1) is 12.5. The van der Waals surface area contributed by atoms with E-state index in [-0.39, 0.29) is 13.0 Å². The van der Waals surface area contributed by atoms with Gasteiger partial charge in [0.2, 0.25) is 0 Å². The van der Waals surface area contributed by atoms with Crippen molar-refractivity contribution >= 4 is 17.6 Å². The van der Waals surface area contributed by atoms with Crippen LogP contribution in [0.25, 0.3) is 0 Å². The van der Waals surface area contributed by atoms with E-state index in [9.17, 15) is 14.0 Å². The van der Waals surface area contributed by atoms with Crippen LogP contribution < -0.4 is 10.1 Å². The van der Waals surface area contributed by atoms with Gasteiger partial charge in [0, 0.05) is 12.1 Å². The van der Waals surface area contributed by atoms with E-state index in [1.807, 2.05) is 32.0 Å². The van der Waals surface area contributed by atoms with Gasteiger partial charge in [0.15, 0.2) is 6.61 Å². The van der Waals surface area contributed by atoms with Gasteiger partial charge in [-0.15, -0.1) is 0 Å². The smallest absolute Gasteiger partial charge is 0.306 e. The second-order valence-electron chi connectivity index (χ2n) is 5.87. The van der Waals surface area contributed by atoms with E-state index in [2.05, 4.69) is 5.32 Å². The molecule has 0 heterocycles. The summed E-state index contributed by atoms with van der Waals surface area (Å²) in [5.41, 5.74) is 2.66. The van der Waals surface area contributed by atoms with Gasteiger partial charge in [-0.2, -0.15) is 0 Å². The number of hydrogen-bond donors (Lipinski definition) is 1. The van der Waals surface area contributed by atoms with Crippen molar-refractivity contribution in [3.05, 3.63) is 59.4 Å². The molecule has 2 rings (SSSR count). The molecule has 0 fully saturated rings. The molecule has 2 aromatic carbocycles. The van der Waals surface area contributed by atoms with Gasteiger partial charge in [0.05, 0.1) is 6.61 Å². The second-order valence-corrected chi connectivity index (χ2v) is 5.87. The fraction of sp³-hybridized carbons (Fsp3) is 0.300. The number of anilines is 1. The summed E-state index contributed by atoms with van der Waals surface area (Å²) in [5.74, 6) is -0.532. The Morgan fingerprint density at radius 1 is 1.08 bits per heavy atom. The van der Waals surface area contributed by atoms with Crippen LogP contribution in [0.4, 0.5) is 10.1 Å². The number of esters is 1. The van der Waals surface area contributed by atoms with E-state index in [1.165, 1.54) is 24.3 Å². The Labute approximate surface area is 152 Å². The molecule has 0 spiro atoms. The molecule has 5 nitrogen and oxygen atoms in total. The zero-order valence-corrected chi connectivity index (χ0v) is 14.9. The number of carbonyl (C=O) groups is 2. The molecule has 0 saturated carbocycles. The van der Waals surface area contributed by atoms with Crippen LogP contribution in [0.2, 0.25) is 0 Å². The van der Waals surface area contributed by atoms with Gasteiger partial charge in [0.1, 0.15) is 11.6 Å². The average molecular weight is 359 g/mol. The quantitative estimate of drug-likeness (QED) is 0.575. The summed E-state index contributed by atoms with van der Waals surface area (Å²) in [7, 11) is 0. The van der Waals surface area contributed by atoms with Crippen LogP contribution in [-0.2, 0) is 14.3 Å². The van der Waals surface area contributed by atoms with Crippen molar-refractivity contribution in [1.82, 2.24) is 0 Å². The molecule has 0 aliphatic heterocycles. The maximum absolute atomic E-state index is 12.8. The van der Waals surface area contributed by atoms with Gasteiger partial charge in [0.25, 0.3) is 5.91 Å². The largest absolute Gasteiger partial charge is 0.493 e. The lowest BCUT2D eigenvalue weighted by Crippen LogP contribution is -2.21. The molecule has 0 unspecified atom stereocenters. The van der Waals surface area contributed by atoms with Crippen LogP contribution in [0.1, 0.15) is 24.0 Å². The minimum atomic E-state index is -0.475. The summed E-state index contributed by atoms with van der Waals surface area (Å²) >= 11 is 0. The van der Waals surface area contributed by atoms with Gasteiger partial charge in [-0.3, -0.25) is 9.59 Å². The van der Waals surface area contributed by atoms with Crippen LogP contribution in [-0.4, -0.2) is 25.1 Å². The van der Waals surface area contributed by atoms with E-state index in [0.29, 0.717) is 18.7 Å². The lowest BCUT2D eigenvalue weighted by atomic mass is 10.1. The van der Waals surface area contributed by atoms with E-state index in [1.54, 1.807) is 0 Å². The number of benzene rings is 2. The fourth-order valence-corrected chi connectivity index (χ4v) is 2.23. The highest BCUT2D eigenvalue weighted by molar-refractivity contribution is 5.92. The van der Waals surface area contributed by atoms with Crippen LogP contribution in [0.3, 0.4) is 0 Å². The van der Waals surface area contributed by atoms with Gasteiger partial charge in [-0.25, -0.2) is 4.39 Å². The minimum absolute atomic E-state index is 0.161. The number of ether oxygens (including phenoxy) is 2. The molecular weight excluding hydrogens is 337 g/mol. The van der Waals surface area contributed by atoms with Crippen LogP contribution in [0, 0.1) is 19.7 Å². The number of hydrogen-bond acceptors (Lipinski definition) is 4. The highest BCUT2D eigenvalue weighted by Gasteiger charge is 2.09. The molecule has 1 amide bonds. The number of aryl methyl sites for hydroxylation is 1. The van der Waals surface area contributed by atoms with E-state index in [4.69, 9.17) is 9.47 Å². The van der Waals surface area contributed by atoms with Crippen molar-refractivity contribution in [2.45, 2.75) is 26.7 Å². The summed E-state index contributed by atoms with van der Waals surface area (Å²) in [6.07, 6.45) is 0.653.